The predicted molar refractivity (Wildman–Crippen MR) is 78.6 cm³/mol. The van der Waals surface area contributed by atoms with Crippen LogP contribution in [0.4, 0.5) is 0 Å². The molecule has 19 heavy (non-hydrogen) atoms. The van der Waals surface area contributed by atoms with E-state index < -0.39 is 0 Å². The lowest BCUT2D eigenvalue weighted by atomic mass is 9.53. The Morgan fingerprint density at radius 1 is 0.947 bits per heavy atom. The van der Waals surface area contributed by atoms with Gasteiger partial charge in [0.2, 0.25) is 5.79 Å². The molecule has 0 aromatic rings. The zero-order valence-corrected chi connectivity index (χ0v) is 13.6. The van der Waals surface area contributed by atoms with Crippen LogP contribution in [-0.4, -0.2) is 5.79 Å². The molecule has 0 aromatic carbocycles. The van der Waals surface area contributed by atoms with Crippen molar-refractivity contribution in [2.45, 2.75) is 91.8 Å². The fraction of sp³-hybridized carbons (Fsp3) is 1.00. The van der Waals surface area contributed by atoms with Crippen LogP contribution in [0.3, 0.4) is 0 Å². The minimum atomic E-state index is -0.281. The summed E-state index contributed by atoms with van der Waals surface area (Å²) in [4.78, 5) is 11.4. The Labute approximate surface area is 119 Å². The zero-order valence-electron chi connectivity index (χ0n) is 13.6. The van der Waals surface area contributed by atoms with E-state index in [4.69, 9.17) is 9.78 Å². The minimum absolute atomic E-state index is 0.145. The maximum atomic E-state index is 5.71. The van der Waals surface area contributed by atoms with Crippen LogP contribution in [-0.2, 0) is 9.78 Å². The highest BCUT2D eigenvalue weighted by Gasteiger charge is 2.73. The average Bonchev–Trinajstić information content (AvgIpc) is 3.12. The monoisotopic (exact) mass is 268 g/mol. The van der Waals surface area contributed by atoms with E-state index in [1.165, 1.54) is 51.4 Å². The van der Waals surface area contributed by atoms with Gasteiger partial charge in [-0.05, 0) is 31.6 Å². The quantitative estimate of drug-likeness (QED) is 0.471. The van der Waals surface area contributed by atoms with Crippen molar-refractivity contribution in [1.29, 1.82) is 0 Å². The highest BCUT2D eigenvalue weighted by molar-refractivity contribution is 5.09. The van der Waals surface area contributed by atoms with Crippen LogP contribution in [0.25, 0.3) is 0 Å². The van der Waals surface area contributed by atoms with E-state index in [1.807, 2.05) is 0 Å². The van der Waals surface area contributed by atoms with Gasteiger partial charge in [-0.1, -0.05) is 60.3 Å². The lowest BCUT2D eigenvalue weighted by Gasteiger charge is -2.50. The minimum Gasteiger partial charge on any atom is -0.194 e. The molecule has 2 heteroatoms. The van der Waals surface area contributed by atoms with Gasteiger partial charge in [-0.3, -0.25) is 0 Å². The van der Waals surface area contributed by atoms with E-state index in [2.05, 4.69) is 34.6 Å². The molecule has 2 aliphatic rings. The lowest BCUT2D eigenvalue weighted by Crippen LogP contribution is -2.53. The topological polar surface area (TPSA) is 25.1 Å². The number of hydrogen-bond donors (Lipinski definition) is 0. The molecule has 2 rings (SSSR count). The Balaban J connectivity index is 2.27. The third-order valence-electron chi connectivity index (χ3n) is 5.45. The van der Waals surface area contributed by atoms with Gasteiger partial charge in [0.05, 0.1) is 0 Å². The summed E-state index contributed by atoms with van der Waals surface area (Å²) in [6.07, 6.45) is 10.1. The Bertz CT molecular complexity index is 296. The summed E-state index contributed by atoms with van der Waals surface area (Å²) in [5.74, 6) is 0.499. The van der Waals surface area contributed by atoms with Crippen LogP contribution in [0.1, 0.15) is 86.0 Å². The van der Waals surface area contributed by atoms with E-state index in [0.29, 0.717) is 0 Å². The SMILES string of the molecule is CCCCC1(CCCC)CC(C)CC(C)(C)C12OO2. The molecule has 0 radical (unpaired) electrons. The second-order valence-corrected chi connectivity index (χ2v) is 7.67. The molecule has 1 spiro atoms. The third kappa shape index (κ3) is 2.47. The summed E-state index contributed by atoms with van der Waals surface area (Å²) in [5.41, 5.74) is 0.395. The largest absolute Gasteiger partial charge is 0.244 e. The molecule has 0 aromatic heterocycles. The van der Waals surface area contributed by atoms with Crippen molar-refractivity contribution in [3.05, 3.63) is 0 Å². The summed E-state index contributed by atoms with van der Waals surface area (Å²) >= 11 is 0. The Morgan fingerprint density at radius 3 is 1.89 bits per heavy atom. The maximum absolute atomic E-state index is 5.71. The predicted octanol–water partition coefficient (Wildman–Crippen LogP) is 5.47. The van der Waals surface area contributed by atoms with Gasteiger partial charge < -0.3 is 0 Å². The highest BCUT2D eigenvalue weighted by Crippen LogP contribution is 2.68. The van der Waals surface area contributed by atoms with E-state index >= 15 is 0 Å². The zero-order chi connectivity index (χ0) is 14.1. The molecular formula is C17H32O2. The van der Waals surface area contributed by atoms with E-state index in [1.54, 1.807) is 0 Å². The molecule has 1 aliphatic carbocycles. The number of hydrogen-bond acceptors (Lipinski definition) is 2. The molecule has 2 nitrogen and oxygen atoms in total. The van der Waals surface area contributed by atoms with Gasteiger partial charge in [-0.25, -0.2) is 0 Å². The smallest absolute Gasteiger partial charge is 0.194 e. The standard InChI is InChI=1S/C17H32O2/c1-6-8-10-16(11-9-7-2)13-14(3)12-15(4,5)17(16)18-19-17/h14H,6-13H2,1-5H3. The van der Waals surface area contributed by atoms with Crippen LogP contribution in [0, 0.1) is 16.7 Å². The van der Waals surface area contributed by atoms with Crippen molar-refractivity contribution in [2.75, 3.05) is 0 Å². The molecule has 1 heterocycles. The molecule has 0 amide bonds. The van der Waals surface area contributed by atoms with Gasteiger partial charge in [0, 0.05) is 10.8 Å². The second kappa shape index (κ2) is 5.37. The van der Waals surface area contributed by atoms with Crippen molar-refractivity contribution in [3.8, 4) is 0 Å². The van der Waals surface area contributed by atoms with Crippen LogP contribution >= 0.6 is 0 Å². The summed E-state index contributed by atoms with van der Waals surface area (Å²) in [7, 11) is 0. The van der Waals surface area contributed by atoms with Crippen molar-refractivity contribution in [3.63, 3.8) is 0 Å². The van der Waals surface area contributed by atoms with Crippen molar-refractivity contribution >= 4 is 0 Å². The van der Waals surface area contributed by atoms with Gasteiger partial charge in [-0.2, -0.15) is 9.78 Å². The molecule has 1 aliphatic heterocycles. The molecule has 1 unspecified atom stereocenters. The first-order valence-electron chi connectivity index (χ1n) is 8.30. The first-order valence-corrected chi connectivity index (χ1v) is 8.30. The van der Waals surface area contributed by atoms with Gasteiger partial charge in [0.25, 0.3) is 0 Å². The molecule has 2 fully saturated rings. The molecule has 0 N–H and O–H groups in total. The van der Waals surface area contributed by atoms with Crippen molar-refractivity contribution in [1.82, 2.24) is 0 Å². The molecule has 1 saturated heterocycles. The summed E-state index contributed by atoms with van der Waals surface area (Å²) in [6.45, 7) is 11.6. The average molecular weight is 268 g/mol. The lowest BCUT2D eigenvalue weighted by molar-refractivity contribution is -0.0863. The first-order chi connectivity index (χ1) is 8.93. The molecular weight excluding hydrogens is 236 g/mol. The van der Waals surface area contributed by atoms with Crippen LogP contribution in [0.2, 0.25) is 0 Å². The summed E-state index contributed by atoms with van der Waals surface area (Å²) in [6, 6.07) is 0. The number of unbranched alkanes of at least 4 members (excludes halogenated alkanes) is 2. The van der Waals surface area contributed by atoms with E-state index in [-0.39, 0.29) is 16.6 Å². The maximum Gasteiger partial charge on any atom is 0.244 e. The summed E-state index contributed by atoms with van der Waals surface area (Å²) in [5, 5.41) is 0. The van der Waals surface area contributed by atoms with Gasteiger partial charge in [0.15, 0.2) is 0 Å². The van der Waals surface area contributed by atoms with Crippen molar-refractivity contribution < 1.29 is 9.78 Å². The fourth-order valence-corrected chi connectivity index (χ4v) is 4.73. The number of rotatable bonds is 6. The molecule has 0 bridgehead atoms. The Hall–Kier alpha value is -0.0800. The Morgan fingerprint density at radius 2 is 1.47 bits per heavy atom. The van der Waals surface area contributed by atoms with Gasteiger partial charge >= 0.3 is 0 Å². The van der Waals surface area contributed by atoms with Crippen LogP contribution < -0.4 is 0 Å². The van der Waals surface area contributed by atoms with E-state index in [0.717, 1.165) is 5.92 Å². The first kappa shape index (κ1) is 15.3. The highest BCUT2D eigenvalue weighted by atomic mass is 17.4. The molecule has 1 atom stereocenters. The van der Waals surface area contributed by atoms with Crippen molar-refractivity contribution in [2.24, 2.45) is 16.7 Å². The fourth-order valence-electron chi connectivity index (χ4n) is 4.73. The summed E-state index contributed by atoms with van der Waals surface area (Å²) < 4.78 is 0. The second-order valence-electron chi connectivity index (χ2n) is 7.67. The Kier molecular flexibility index (Phi) is 4.32. The normalized spacial score (nSPS) is 30.5. The van der Waals surface area contributed by atoms with Crippen LogP contribution in [0.5, 0.6) is 0 Å². The van der Waals surface area contributed by atoms with Gasteiger partial charge in [0.1, 0.15) is 0 Å². The molecule has 112 valence electrons. The van der Waals surface area contributed by atoms with Crippen LogP contribution in [0.15, 0.2) is 0 Å². The van der Waals surface area contributed by atoms with E-state index in [9.17, 15) is 0 Å². The third-order valence-corrected chi connectivity index (χ3v) is 5.45. The van der Waals surface area contributed by atoms with Gasteiger partial charge in [-0.15, -0.1) is 0 Å². The molecule has 1 saturated carbocycles.